The summed E-state index contributed by atoms with van der Waals surface area (Å²) in [5, 5.41) is 17.6. The van der Waals surface area contributed by atoms with Gasteiger partial charge in [-0.3, -0.25) is 0 Å². The van der Waals surface area contributed by atoms with Crippen molar-refractivity contribution < 1.29 is 13.5 Å². The second kappa shape index (κ2) is 7.03. The molecule has 1 fully saturated rings. The van der Waals surface area contributed by atoms with Crippen LogP contribution in [0.15, 0.2) is 29.2 Å². The first-order valence-corrected chi connectivity index (χ1v) is 8.76. The highest BCUT2D eigenvalue weighted by atomic mass is 32.2. The van der Waals surface area contributed by atoms with Gasteiger partial charge in [0, 0.05) is 19.7 Å². The molecule has 0 radical (unpaired) electrons. The lowest BCUT2D eigenvalue weighted by Gasteiger charge is -2.15. The summed E-state index contributed by atoms with van der Waals surface area (Å²) >= 11 is 0. The average molecular weight is 308 g/mol. The third-order valence-corrected chi connectivity index (χ3v) is 5.64. The highest BCUT2D eigenvalue weighted by Crippen LogP contribution is 2.20. The molecule has 5 nitrogen and oxygen atoms in total. The van der Waals surface area contributed by atoms with Crippen molar-refractivity contribution in [2.45, 2.75) is 17.7 Å². The van der Waals surface area contributed by atoms with E-state index in [1.165, 1.54) is 24.3 Å². The third-order valence-electron chi connectivity index (χ3n) is 3.93. The van der Waals surface area contributed by atoms with Gasteiger partial charge in [0.15, 0.2) is 9.84 Å². The predicted octanol–water partition coefficient (Wildman–Crippen LogP) is 1.04. The minimum atomic E-state index is -3.30. The predicted molar refractivity (Wildman–Crippen MR) is 79.5 cm³/mol. The Bertz CT molecular complexity index is 605. The summed E-state index contributed by atoms with van der Waals surface area (Å²) in [6.07, 6.45) is 1.82. The second-order valence-corrected chi connectivity index (χ2v) is 7.53. The Balaban J connectivity index is 1.91. The molecule has 1 aromatic carbocycles. The number of nitrogens with zero attached hydrogens (tertiary/aromatic N) is 2. The van der Waals surface area contributed by atoms with Gasteiger partial charge in [-0.05, 0) is 49.6 Å². The van der Waals surface area contributed by atoms with E-state index >= 15 is 0 Å². The molecule has 1 saturated heterocycles. The van der Waals surface area contributed by atoms with Gasteiger partial charge in [0.05, 0.1) is 22.3 Å². The molecule has 114 valence electrons. The van der Waals surface area contributed by atoms with Crippen LogP contribution in [0.4, 0.5) is 0 Å². The van der Waals surface area contributed by atoms with E-state index < -0.39 is 9.84 Å². The van der Waals surface area contributed by atoms with E-state index in [-0.39, 0.29) is 17.3 Å². The number of hydrogen-bond donors (Lipinski definition) is 1. The zero-order valence-electron chi connectivity index (χ0n) is 11.9. The normalized spacial score (nSPS) is 19.5. The Morgan fingerprint density at radius 3 is 2.67 bits per heavy atom. The van der Waals surface area contributed by atoms with Crippen molar-refractivity contribution in [2.75, 3.05) is 32.0 Å². The number of rotatable bonds is 6. The first-order valence-electron chi connectivity index (χ1n) is 7.11. The molecule has 0 bridgehead atoms. The number of hydrogen-bond acceptors (Lipinski definition) is 5. The molecule has 0 aliphatic carbocycles. The molecule has 0 saturated carbocycles. The average Bonchev–Trinajstić information content (AvgIpc) is 2.93. The maximum absolute atomic E-state index is 12.2. The maximum Gasteiger partial charge on any atom is 0.179 e. The largest absolute Gasteiger partial charge is 0.396 e. The lowest BCUT2D eigenvalue weighted by Crippen LogP contribution is -2.27. The summed E-state index contributed by atoms with van der Waals surface area (Å²) in [4.78, 5) is 2.41. The Morgan fingerprint density at radius 1 is 1.33 bits per heavy atom. The van der Waals surface area contributed by atoms with Crippen LogP contribution in [-0.4, -0.2) is 50.4 Å². The number of nitriles is 1. The van der Waals surface area contributed by atoms with Gasteiger partial charge in [0.25, 0.3) is 0 Å². The molecular formula is C15H20N2O3S. The van der Waals surface area contributed by atoms with E-state index in [9.17, 15) is 8.42 Å². The third kappa shape index (κ3) is 4.27. The van der Waals surface area contributed by atoms with Crippen molar-refractivity contribution in [2.24, 2.45) is 5.92 Å². The van der Waals surface area contributed by atoms with Gasteiger partial charge in [0.2, 0.25) is 0 Å². The van der Waals surface area contributed by atoms with Crippen molar-refractivity contribution >= 4 is 9.84 Å². The van der Waals surface area contributed by atoms with Crippen LogP contribution >= 0.6 is 0 Å². The monoisotopic (exact) mass is 308 g/mol. The maximum atomic E-state index is 12.2. The molecule has 1 heterocycles. The molecule has 1 aliphatic heterocycles. The van der Waals surface area contributed by atoms with E-state index in [4.69, 9.17) is 10.4 Å². The molecule has 6 heteroatoms. The van der Waals surface area contributed by atoms with Gasteiger partial charge in [0.1, 0.15) is 0 Å². The summed E-state index contributed by atoms with van der Waals surface area (Å²) in [5.74, 6) is 0.567. The second-order valence-electron chi connectivity index (χ2n) is 5.42. The topological polar surface area (TPSA) is 81.4 Å². The van der Waals surface area contributed by atoms with Crippen LogP contribution in [0.25, 0.3) is 0 Å². The van der Waals surface area contributed by atoms with Gasteiger partial charge in [-0.2, -0.15) is 5.26 Å². The summed E-state index contributed by atoms with van der Waals surface area (Å²) in [6.45, 7) is 2.48. The minimum absolute atomic E-state index is 0.0880. The molecule has 0 aromatic heterocycles. The molecular weight excluding hydrogens is 288 g/mol. The highest BCUT2D eigenvalue weighted by Gasteiger charge is 2.24. The van der Waals surface area contributed by atoms with E-state index in [0.29, 0.717) is 18.0 Å². The first kappa shape index (κ1) is 16.0. The molecule has 1 aliphatic rings. The SMILES string of the molecule is N#Cc1ccc(S(=O)(=O)CCN2CC[C@@H](CCO)C2)cc1. The van der Waals surface area contributed by atoms with E-state index in [2.05, 4.69) is 4.90 Å². The lowest BCUT2D eigenvalue weighted by molar-refractivity contribution is 0.253. The number of benzene rings is 1. The molecule has 2 rings (SSSR count). The number of likely N-dealkylation sites (tertiary alicyclic amines) is 1. The Hall–Kier alpha value is -1.42. The number of aliphatic hydroxyl groups is 1. The first-order chi connectivity index (χ1) is 10.0. The van der Waals surface area contributed by atoms with Crippen molar-refractivity contribution in [1.29, 1.82) is 5.26 Å². The molecule has 0 amide bonds. The molecule has 21 heavy (non-hydrogen) atoms. The highest BCUT2D eigenvalue weighted by molar-refractivity contribution is 7.91. The fraction of sp³-hybridized carbons (Fsp3) is 0.533. The van der Waals surface area contributed by atoms with Crippen molar-refractivity contribution in [3.8, 4) is 6.07 Å². The standard InChI is InChI=1S/C15H20N2O3S/c16-11-13-1-3-15(4-2-13)21(19,20)10-8-17-7-5-14(12-17)6-9-18/h1-4,14,18H,5-10,12H2/t14-/m0/s1. The fourth-order valence-electron chi connectivity index (χ4n) is 2.64. The van der Waals surface area contributed by atoms with E-state index in [1.807, 2.05) is 6.07 Å². The quantitative estimate of drug-likeness (QED) is 0.849. The zero-order chi connectivity index (χ0) is 15.3. The Morgan fingerprint density at radius 2 is 2.05 bits per heavy atom. The smallest absolute Gasteiger partial charge is 0.179 e. The molecule has 1 aromatic rings. The van der Waals surface area contributed by atoms with Gasteiger partial charge < -0.3 is 10.0 Å². The van der Waals surface area contributed by atoms with Crippen molar-refractivity contribution in [3.05, 3.63) is 29.8 Å². The van der Waals surface area contributed by atoms with E-state index in [0.717, 1.165) is 25.9 Å². The Kier molecular flexibility index (Phi) is 5.34. The van der Waals surface area contributed by atoms with Crippen LogP contribution in [-0.2, 0) is 9.84 Å². The van der Waals surface area contributed by atoms with Crippen LogP contribution in [0.2, 0.25) is 0 Å². The molecule has 0 spiro atoms. The Labute approximate surface area is 125 Å². The van der Waals surface area contributed by atoms with Crippen LogP contribution in [0, 0.1) is 17.2 Å². The van der Waals surface area contributed by atoms with Crippen molar-refractivity contribution in [3.63, 3.8) is 0 Å². The lowest BCUT2D eigenvalue weighted by atomic mass is 10.1. The van der Waals surface area contributed by atoms with Gasteiger partial charge in [-0.1, -0.05) is 0 Å². The van der Waals surface area contributed by atoms with Crippen LogP contribution < -0.4 is 0 Å². The van der Waals surface area contributed by atoms with Crippen LogP contribution in [0.5, 0.6) is 0 Å². The minimum Gasteiger partial charge on any atom is -0.396 e. The zero-order valence-corrected chi connectivity index (χ0v) is 12.7. The number of sulfone groups is 1. The summed E-state index contributed by atoms with van der Waals surface area (Å²) in [6, 6.07) is 8.02. The van der Waals surface area contributed by atoms with Gasteiger partial charge in [-0.25, -0.2) is 8.42 Å². The van der Waals surface area contributed by atoms with E-state index in [1.54, 1.807) is 0 Å². The number of aliphatic hydroxyl groups excluding tert-OH is 1. The van der Waals surface area contributed by atoms with Crippen molar-refractivity contribution in [1.82, 2.24) is 4.90 Å². The van der Waals surface area contributed by atoms with Crippen LogP contribution in [0.3, 0.4) is 0 Å². The summed E-state index contributed by atoms with van der Waals surface area (Å²) < 4.78 is 24.5. The molecule has 0 unspecified atom stereocenters. The fourth-order valence-corrected chi connectivity index (χ4v) is 3.92. The molecule has 1 N–H and O–H groups in total. The summed E-state index contributed by atoms with van der Waals surface area (Å²) in [7, 11) is -3.30. The van der Waals surface area contributed by atoms with Gasteiger partial charge in [-0.15, -0.1) is 0 Å². The molecule has 1 atom stereocenters. The van der Waals surface area contributed by atoms with Gasteiger partial charge >= 0.3 is 0 Å². The van der Waals surface area contributed by atoms with Crippen LogP contribution in [0.1, 0.15) is 18.4 Å². The summed E-state index contributed by atoms with van der Waals surface area (Å²) in [5.41, 5.74) is 0.459.